The highest BCUT2D eigenvalue weighted by atomic mass is 32.1. The molecule has 0 radical (unpaired) electrons. The van der Waals surface area contributed by atoms with E-state index in [1.54, 1.807) is 4.90 Å². The van der Waals surface area contributed by atoms with Gasteiger partial charge in [-0.2, -0.15) is 0 Å². The number of likely N-dealkylation sites (N-methyl/N-ethyl adjacent to an activating group) is 1. The van der Waals surface area contributed by atoms with Crippen LogP contribution < -0.4 is 0 Å². The van der Waals surface area contributed by atoms with Gasteiger partial charge in [0.05, 0.1) is 10.2 Å². The quantitative estimate of drug-likeness (QED) is 0.855. The maximum absolute atomic E-state index is 12.3. The number of aliphatic hydroxyl groups excluding tert-OH is 2. The van der Waals surface area contributed by atoms with Crippen LogP contribution in [0.3, 0.4) is 0 Å². The van der Waals surface area contributed by atoms with E-state index in [1.165, 1.54) is 11.3 Å². The number of aromatic nitrogens is 1. The van der Waals surface area contributed by atoms with Crippen molar-refractivity contribution >= 4 is 27.5 Å². The molecule has 2 rings (SSSR count). The number of amides is 1. The van der Waals surface area contributed by atoms with E-state index in [4.69, 9.17) is 0 Å². The first-order valence-corrected chi connectivity index (χ1v) is 8.26. The normalized spacial score (nSPS) is 14.3. The standard InChI is InChI=1S/C16H22N2O3S/c1-4-18(9-10(2)3)16(21)14(20)13(19)15-17-11-7-5-6-8-12(11)22-15/h5-8,10,13-14,19-20H,4,9H2,1-3H3. The van der Waals surface area contributed by atoms with Crippen LogP contribution in [-0.2, 0) is 4.79 Å². The van der Waals surface area contributed by atoms with Crippen LogP contribution in [0, 0.1) is 5.92 Å². The van der Waals surface area contributed by atoms with Gasteiger partial charge < -0.3 is 15.1 Å². The third kappa shape index (κ3) is 3.63. The zero-order valence-electron chi connectivity index (χ0n) is 13.1. The molecule has 0 aliphatic heterocycles. The average molecular weight is 322 g/mol. The largest absolute Gasteiger partial charge is 0.383 e. The summed E-state index contributed by atoms with van der Waals surface area (Å²) in [6, 6.07) is 7.49. The molecule has 0 saturated carbocycles. The molecule has 5 nitrogen and oxygen atoms in total. The average Bonchev–Trinajstić information content (AvgIpc) is 2.94. The van der Waals surface area contributed by atoms with Crippen molar-refractivity contribution in [1.29, 1.82) is 0 Å². The summed E-state index contributed by atoms with van der Waals surface area (Å²) in [6.45, 7) is 6.93. The number of nitrogens with zero attached hydrogens (tertiary/aromatic N) is 2. The molecule has 1 heterocycles. The monoisotopic (exact) mass is 322 g/mol. The molecule has 2 N–H and O–H groups in total. The highest BCUT2D eigenvalue weighted by Crippen LogP contribution is 2.28. The number of para-hydroxylation sites is 1. The Bertz CT molecular complexity index is 608. The van der Waals surface area contributed by atoms with Gasteiger partial charge in [-0.3, -0.25) is 4.79 Å². The Balaban J connectivity index is 2.16. The summed E-state index contributed by atoms with van der Waals surface area (Å²) in [5.74, 6) is -0.154. The van der Waals surface area contributed by atoms with Crippen molar-refractivity contribution in [3.05, 3.63) is 29.3 Å². The zero-order valence-corrected chi connectivity index (χ0v) is 13.9. The molecule has 2 aromatic rings. The first-order valence-electron chi connectivity index (χ1n) is 7.44. The topological polar surface area (TPSA) is 73.7 Å². The van der Waals surface area contributed by atoms with E-state index in [2.05, 4.69) is 4.98 Å². The highest BCUT2D eigenvalue weighted by molar-refractivity contribution is 7.18. The molecule has 1 aromatic heterocycles. The third-order valence-corrected chi connectivity index (χ3v) is 4.50. The van der Waals surface area contributed by atoms with E-state index in [0.29, 0.717) is 24.0 Å². The lowest BCUT2D eigenvalue weighted by atomic mass is 10.1. The second-order valence-electron chi connectivity index (χ2n) is 5.68. The van der Waals surface area contributed by atoms with Crippen LogP contribution in [0.15, 0.2) is 24.3 Å². The van der Waals surface area contributed by atoms with E-state index in [-0.39, 0.29) is 0 Å². The van der Waals surface area contributed by atoms with Crippen LogP contribution in [0.2, 0.25) is 0 Å². The summed E-state index contributed by atoms with van der Waals surface area (Å²) in [5, 5.41) is 20.9. The predicted molar refractivity (Wildman–Crippen MR) is 87.7 cm³/mol. The van der Waals surface area contributed by atoms with Gasteiger partial charge in [-0.15, -0.1) is 11.3 Å². The zero-order chi connectivity index (χ0) is 16.3. The van der Waals surface area contributed by atoms with Crippen molar-refractivity contribution in [3.8, 4) is 0 Å². The molecule has 22 heavy (non-hydrogen) atoms. The van der Waals surface area contributed by atoms with Gasteiger partial charge in [-0.05, 0) is 25.0 Å². The predicted octanol–water partition coefficient (Wildman–Crippen LogP) is 2.20. The summed E-state index contributed by atoms with van der Waals surface area (Å²) in [4.78, 5) is 18.2. The van der Waals surface area contributed by atoms with Crippen molar-refractivity contribution in [2.45, 2.75) is 33.0 Å². The van der Waals surface area contributed by atoms with E-state index in [9.17, 15) is 15.0 Å². The fraction of sp³-hybridized carbons (Fsp3) is 0.500. The van der Waals surface area contributed by atoms with Gasteiger partial charge in [-0.25, -0.2) is 4.98 Å². The highest BCUT2D eigenvalue weighted by Gasteiger charge is 2.31. The number of thiazole rings is 1. The van der Waals surface area contributed by atoms with Crippen LogP contribution in [-0.4, -0.2) is 45.2 Å². The van der Waals surface area contributed by atoms with E-state index in [0.717, 1.165) is 10.2 Å². The molecule has 1 amide bonds. The van der Waals surface area contributed by atoms with Crippen LogP contribution in [0.25, 0.3) is 10.2 Å². The minimum Gasteiger partial charge on any atom is -0.383 e. The fourth-order valence-corrected chi connectivity index (χ4v) is 3.27. The van der Waals surface area contributed by atoms with Gasteiger partial charge in [-0.1, -0.05) is 26.0 Å². The minimum absolute atomic E-state index is 0.302. The van der Waals surface area contributed by atoms with E-state index in [1.807, 2.05) is 45.0 Å². The molecule has 0 bridgehead atoms. The first-order chi connectivity index (χ1) is 10.4. The van der Waals surface area contributed by atoms with E-state index >= 15 is 0 Å². The molecular weight excluding hydrogens is 300 g/mol. The Morgan fingerprint density at radius 2 is 2.00 bits per heavy atom. The molecule has 0 aliphatic rings. The maximum Gasteiger partial charge on any atom is 0.254 e. The van der Waals surface area contributed by atoms with Crippen molar-refractivity contribution in [2.24, 2.45) is 5.92 Å². The molecule has 1 aromatic carbocycles. The van der Waals surface area contributed by atoms with Crippen molar-refractivity contribution in [3.63, 3.8) is 0 Å². The summed E-state index contributed by atoms with van der Waals surface area (Å²) in [7, 11) is 0. The van der Waals surface area contributed by atoms with E-state index < -0.39 is 18.1 Å². The molecule has 0 aliphatic carbocycles. The number of rotatable bonds is 6. The smallest absolute Gasteiger partial charge is 0.254 e. The third-order valence-electron chi connectivity index (χ3n) is 3.39. The molecule has 0 fully saturated rings. The second kappa shape index (κ2) is 7.17. The Morgan fingerprint density at radius 3 is 2.59 bits per heavy atom. The first kappa shape index (κ1) is 16.9. The SMILES string of the molecule is CCN(CC(C)C)C(=O)C(O)C(O)c1nc2ccccc2s1. The van der Waals surface area contributed by atoms with Crippen LogP contribution in [0.5, 0.6) is 0 Å². The molecule has 0 spiro atoms. The number of aliphatic hydroxyl groups is 2. The van der Waals surface area contributed by atoms with Crippen LogP contribution in [0.1, 0.15) is 31.9 Å². The summed E-state index contributed by atoms with van der Waals surface area (Å²) < 4.78 is 0.922. The van der Waals surface area contributed by atoms with Crippen molar-refractivity contribution in [2.75, 3.05) is 13.1 Å². The van der Waals surface area contributed by atoms with Crippen molar-refractivity contribution < 1.29 is 15.0 Å². The Hall–Kier alpha value is -1.50. The second-order valence-corrected chi connectivity index (χ2v) is 6.74. The van der Waals surface area contributed by atoms with Gasteiger partial charge >= 0.3 is 0 Å². The molecular formula is C16H22N2O3S. The van der Waals surface area contributed by atoms with Gasteiger partial charge in [0.1, 0.15) is 11.1 Å². The number of hydrogen-bond donors (Lipinski definition) is 2. The lowest BCUT2D eigenvalue weighted by molar-refractivity contribution is -0.146. The molecule has 2 atom stereocenters. The number of benzene rings is 1. The molecule has 6 heteroatoms. The Labute approximate surface area is 134 Å². The minimum atomic E-state index is -1.49. The number of carbonyl (C=O) groups excluding carboxylic acids is 1. The summed E-state index contributed by atoms with van der Waals surface area (Å²) >= 11 is 1.29. The molecule has 0 saturated heterocycles. The number of carbonyl (C=O) groups is 1. The lowest BCUT2D eigenvalue weighted by Crippen LogP contribution is -2.43. The van der Waals surface area contributed by atoms with Gasteiger partial charge in [0.25, 0.3) is 5.91 Å². The fourth-order valence-electron chi connectivity index (χ4n) is 2.29. The Kier molecular flexibility index (Phi) is 5.50. The van der Waals surface area contributed by atoms with Gasteiger partial charge in [0, 0.05) is 13.1 Å². The lowest BCUT2D eigenvalue weighted by Gasteiger charge is -2.26. The maximum atomic E-state index is 12.3. The van der Waals surface area contributed by atoms with Gasteiger partial charge in [0.15, 0.2) is 6.10 Å². The van der Waals surface area contributed by atoms with Crippen LogP contribution >= 0.6 is 11.3 Å². The number of hydrogen-bond acceptors (Lipinski definition) is 5. The Morgan fingerprint density at radius 1 is 1.32 bits per heavy atom. The summed E-state index contributed by atoms with van der Waals surface area (Å²) in [6.07, 6.45) is -2.79. The van der Waals surface area contributed by atoms with Crippen LogP contribution in [0.4, 0.5) is 0 Å². The molecule has 2 unspecified atom stereocenters. The summed E-state index contributed by atoms with van der Waals surface area (Å²) in [5.41, 5.74) is 0.760. The molecule has 120 valence electrons. The number of fused-ring (bicyclic) bond motifs is 1. The van der Waals surface area contributed by atoms with Crippen molar-refractivity contribution in [1.82, 2.24) is 9.88 Å². The van der Waals surface area contributed by atoms with Gasteiger partial charge in [0.2, 0.25) is 0 Å².